The van der Waals surface area contributed by atoms with E-state index in [0.717, 1.165) is 78.0 Å². The van der Waals surface area contributed by atoms with Crippen molar-refractivity contribution in [3.63, 3.8) is 0 Å². The van der Waals surface area contributed by atoms with Gasteiger partial charge in [-0.2, -0.15) is 0 Å². The number of para-hydroxylation sites is 2. The monoisotopic (exact) mass is 638 g/mol. The zero-order valence-corrected chi connectivity index (χ0v) is 27.1. The molecule has 0 spiro atoms. The lowest BCUT2D eigenvalue weighted by atomic mass is 10.0. The van der Waals surface area contributed by atoms with E-state index in [1.54, 1.807) is 0 Å². The number of hydrogen-bond donors (Lipinski definition) is 0. The normalized spacial score (nSPS) is 11.6. The van der Waals surface area contributed by atoms with Crippen LogP contribution in [-0.2, 0) is 0 Å². The summed E-state index contributed by atoms with van der Waals surface area (Å²) in [6.45, 7) is 0. The molecule has 0 aliphatic carbocycles. The fourth-order valence-corrected chi connectivity index (χ4v) is 7.45. The zero-order chi connectivity index (χ0) is 33.0. The van der Waals surface area contributed by atoms with Crippen LogP contribution < -0.4 is 0 Å². The molecule has 234 valence electrons. The molecule has 0 N–H and O–H groups in total. The Morgan fingerprint density at radius 1 is 0.360 bits per heavy atom. The number of aromatic nitrogens is 4. The molecule has 6 aromatic carbocycles. The van der Waals surface area contributed by atoms with Gasteiger partial charge >= 0.3 is 0 Å². The fraction of sp³-hybridized carbons (Fsp3) is 0. The predicted molar refractivity (Wildman–Crippen MR) is 207 cm³/mol. The van der Waals surface area contributed by atoms with Crippen LogP contribution in [-0.4, -0.2) is 19.1 Å². The third-order valence-corrected chi connectivity index (χ3v) is 9.76. The van der Waals surface area contributed by atoms with Gasteiger partial charge in [-0.25, -0.2) is 4.98 Å². The maximum Gasteiger partial charge on any atom is 0.138 e. The van der Waals surface area contributed by atoms with Gasteiger partial charge in [-0.05, 0) is 89.0 Å². The van der Waals surface area contributed by atoms with Crippen molar-refractivity contribution in [3.05, 3.63) is 182 Å². The number of hydrogen-bond acceptors (Lipinski definition) is 2. The molecular weight excluding hydrogens is 609 g/mol. The Kier molecular flexibility index (Phi) is 6.46. The lowest BCUT2D eigenvalue weighted by Gasteiger charge is -2.13. The molecule has 0 aliphatic heterocycles. The smallest absolute Gasteiger partial charge is 0.138 e. The molecule has 0 radical (unpaired) electrons. The minimum atomic E-state index is 0.894. The minimum absolute atomic E-state index is 0.894. The van der Waals surface area contributed by atoms with Crippen molar-refractivity contribution >= 4 is 43.7 Å². The Labute approximate surface area is 289 Å². The Hall–Kier alpha value is -6.78. The second-order valence-corrected chi connectivity index (χ2v) is 12.7. The second-order valence-electron chi connectivity index (χ2n) is 12.7. The van der Waals surface area contributed by atoms with Crippen molar-refractivity contribution < 1.29 is 0 Å². The van der Waals surface area contributed by atoms with Gasteiger partial charge in [0.25, 0.3) is 0 Å². The maximum atomic E-state index is 5.30. The zero-order valence-electron chi connectivity index (χ0n) is 27.1. The molecule has 10 rings (SSSR count). The van der Waals surface area contributed by atoms with Gasteiger partial charge in [0.2, 0.25) is 0 Å². The second kappa shape index (κ2) is 11.4. The molecule has 0 saturated heterocycles. The van der Waals surface area contributed by atoms with E-state index in [0.29, 0.717) is 0 Å². The summed E-state index contributed by atoms with van der Waals surface area (Å²) < 4.78 is 4.62. The SMILES string of the molecule is c1ccc(-c2cc(-c3ccccc3)nc(-n3c4ccccc4c4cc(-c5ccc6c(c5)c5ncccc5n6-c5ccccc5)ccc43)c2)cc1. The van der Waals surface area contributed by atoms with Crippen molar-refractivity contribution in [2.45, 2.75) is 0 Å². The third kappa shape index (κ3) is 4.54. The number of pyridine rings is 2. The average molecular weight is 639 g/mol. The summed E-state index contributed by atoms with van der Waals surface area (Å²) in [6.07, 6.45) is 1.88. The number of benzene rings is 6. The molecule has 0 unspecified atom stereocenters. The van der Waals surface area contributed by atoms with Crippen LogP contribution in [0.5, 0.6) is 0 Å². The van der Waals surface area contributed by atoms with Crippen LogP contribution in [0.25, 0.3) is 88.8 Å². The molecule has 0 bridgehead atoms. The summed E-state index contributed by atoms with van der Waals surface area (Å²) >= 11 is 0. The standard InChI is InChI=1S/C46H30N4/c1-4-13-31(14-5-1)35-29-40(32-15-6-2-7-16-32)48-45(30-35)50-41-20-11-10-19-37(41)38-27-33(22-24-42(38)50)34-23-25-43-39(28-34)46-44(21-12-26-47-46)49(43)36-17-8-3-9-18-36/h1-30H. The molecular formula is C46H30N4. The van der Waals surface area contributed by atoms with Crippen LogP contribution in [0.1, 0.15) is 0 Å². The molecule has 4 heteroatoms. The first kappa shape index (κ1) is 28.3. The van der Waals surface area contributed by atoms with E-state index in [1.165, 1.54) is 10.8 Å². The Morgan fingerprint density at radius 2 is 0.960 bits per heavy atom. The van der Waals surface area contributed by atoms with Crippen molar-refractivity contribution in [2.75, 3.05) is 0 Å². The van der Waals surface area contributed by atoms with Crippen molar-refractivity contribution in [2.24, 2.45) is 0 Å². The van der Waals surface area contributed by atoms with E-state index in [1.807, 2.05) is 18.3 Å². The molecule has 4 nitrogen and oxygen atoms in total. The van der Waals surface area contributed by atoms with Crippen LogP contribution in [0.4, 0.5) is 0 Å². The first-order valence-electron chi connectivity index (χ1n) is 16.9. The van der Waals surface area contributed by atoms with Gasteiger partial charge in [-0.3, -0.25) is 9.55 Å². The summed E-state index contributed by atoms with van der Waals surface area (Å²) in [6, 6.07) is 62.3. The van der Waals surface area contributed by atoms with Crippen molar-refractivity contribution in [1.29, 1.82) is 0 Å². The molecule has 4 heterocycles. The molecule has 10 aromatic rings. The van der Waals surface area contributed by atoms with E-state index < -0.39 is 0 Å². The van der Waals surface area contributed by atoms with Gasteiger partial charge in [0.05, 0.1) is 33.3 Å². The highest BCUT2D eigenvalue weighted by molar-refractivity contribution is 6.12. The minimum Gasteiger partial charge on any atom is -0.308 e. The van der Waals surface area contributed by atoms with Gasteiger partial charge in [0, 0.05) is 33.6 Å². The van der Waals surface area contributed by atoms with Crippen molar-refractivity contribution in [1.82, 2.24) is 19.1 Å². The number of rotatable bonds is 5. The fourth-order valence-electron chi connectivity index (χ4n) is 7.45. The van der Waals surface area contributed by atoms with E-state index in [4.69, 9.17) is 9.97 Å². The Morgan fingerprint density at radius 3 is 1.72 bits per heavy atom. The number of fused-ring (bicyclic) bond motifs is 6. The van der Waals surface area contributed by atoms with Gasteiger partial charge in [0.15, 0.2) is 0 Å². The first-order valence-corrected chi connectivity index (χ1v) is 16.9. The highest BCUT2D eigenvalue weighted by atomic mass is 15.1. The molecule has 0 aliphatic rings. The van der Waals surface area contributed by atoms with Crippen LogP contribution in [0.15, 0.2) is 182 Å². The molecule has 0 fully saturated rings. The van der Waals surface area contributed by atoms with Gasteiger partial charge in [0.1, 0.15) is 5.82 Å². The van der Waals surface area contributed by atoms with Gasteiger partial charge in [-0.1, -0.05) is 109 Å². The summed E-state index contributed by atoms with van der Waals surface area (Å²) in [5.74, 6) is 0.894. The highest BCUT2D eigenvalue weighted by Gasteiger charge is 2.18. The molecule has 0 saturated carbocycles. The quantitative estimate of drug-likeness (QED) is 0.188. The molecule has 4 aromatic heterocycles. The summed E-state index contributed by atoms with van der Waals surface area (Å²) in [5, 5.41) is 3.53. The van der Waals surface area contributed by atoms with E-state index in [2.05, 4.69) is 173 Å². The van der Waals surface area contributed by atoms with E-state index >= 15 is 0 Å². The maximum absolute atomic E-state index is 5.30. The van der Waals surface area contributed by atoms with Crippen LogP contribution in [0.3, 0.4) is 0 Å². The molecule has 50 heavy (non-hydrogen) atoms. The average Bonchev–Trinajstić information content (AvgIpc) is 3.71. The lowest BCUT2D eigenvalue weighted by Crippen LogP contribution is -2.00. The van der Waals surface area contributed by atoms with Gasteiger partial charge < -0.3 is 4.57 Å². The Balaban J connectivity index is 1.17. The van der Waals surface area contributed by atoms with Gasteiger partial charge in [-0.15, -0.1) is 0 Å². The third-order valence-electron chi connectivity index (χ3n) is 9.76. The summed E-state index contributed by atoms with van der Waals surface area (Å²) in [7, 11) is 0. The molecule has 0 amide bonds. The Bertz CT molecular complexity index is 2790. The summed E-state index contributed by atoms with van der Waals surface area (Å²) in [4.78, 5) is 10.1. The predicted octanol–water partition coefficient (Wildman–Crippen LogP) is 11.7. The van der Waals surface area contributed by atoms with Crippen LogP contribution >= 0.6 is 0 Å². The molecule has 0 atom stereocenters. The highest BCUT2D eigenvalue weighted by Crippen LogP contribution is 2.38. The number of nitrogens with zero attached hydrogens (tertiary/aromatic N) is 4. The first-order chi connectivity index (χ1) is 24.8. The lowest BCUT2D eigenvalue weighted by molar-refractivity contribution is 1.08. The van der Waals surface area contributed by atoms with E-state index in [9.17, 15) is 0 Å². The summed E-state index contributed by atoms with van der Waals surface area (Å²) in [5.41, 5.74) is 13.3. The largest absolute Gasteiger partial charge is 0.308 e. The van der Waals surface area contributed by atoms with E-state index in [-0.39, 0.29) is 0 Å². The van der Waals surface area contributed by atoms with Crippen LogP contribution in [0.2, 0.25) is 0 Å². The topological polar surface area (TPSA) is 35.6 Å². The van der Waals surface area contributed by atoms with Crippen molar-refractivity contribution in [3.8, 4) is 45.0 Å². The van der Waals surface area contributed by atoms with Crippen LogP contribution in [0, 0.1) is 0 Å².